The molecule has 0 aromatic carbocycles. The van der Waals surface area contributed by atoms with Gasteiger partial charge in [-0.05, 0) is 50.6 Å². The van der Waals surface area contributed by atoms with Gasteiger partial charge in [-0.15, -0.1) is 0 Å². The lowest BCUT2D eigenvalue weighted by molar-refractivity contribution is 0.661. The molecule has 0 radical (unpaired) electrons. The lowest BCUT2D eigenvalue weighted by Gasteiger charge is -2.07. The second kappa shape index (κ2) is 7.55. The Balaban J connectivity index is 1.62. The Bertz CT molecular complexity index is 507. The molecular formula is C15H21N5. The van der Waals surface area contributed by atoms with Gasteiger partial charge >= 0.3 is 0 Å². The van der Waals surface area contributed by atoms with Crippen molar-refractivity contribution in [2.45, 2.75) is 26.8 Å². The standard InChI is InChI=1S/C15H21N5/c1-12-10-13(2)20-15(19-12)18-7-3-6-17-11-14-4-8-16-9-5-14/h4-5,8-10,17H,3,6-7,11H2,1-2H3,(H,18,19,20). The van der Waals surface area contributed by atoms with E-state index in [1.807, 2.05) is 44.4 Å². The third-order valence-electron chi connectivity index (χ3n) is 2.87. The van der Waals surface area contributed by atoms with Crippen molar-refractivity contribution >= 4 is 5.95 Å². The van der Waals surface area contributed by atoms with E-state index in [0.717, 1.165) is 43.4 Å². The molecule has 2 aromatic heterocycles. The molecule has 106 valence electrons. The third-order valence-corrected chi connectivity index (χ3v) is 2.87. The van der Waals surface area contributed by atoms with Gasteiger partial charge in [0.15, 0.2) is 0 Å². The number of nitrogens with zero attached hydrogens (tertiary/aromatic N) is 3. The number of aromatic nitrogens is 3. The first-order valence-electron chi connectivity index (χ1n) is 6.90. The number of anilines is 1. The number of pyridine rings is 1. The van der Waals surface area contributed by atoms with Crippen LogP contribution in [0.1, 0.15) is 23.4 Å². The Kier molecular flexibility index (Phi) is 5.43. The van der Waals surface area contributed by atoms with Gasteiger partial charge in [-0.1, -0.05) is 0 Å². The topological polar surface area (TPSA) is 62.7 Å². The van der Waals surface area contributed by atoms with E-state index >= 15 is 0 Å². The maximum absolute atomic E-state index is 4.35. The van der Waals surface area contributed by atoms with Crippen LogP contribution in [0.25, 0.3) is 0 Å². The van der Waals surface area contributed by atoms with Gasteiger partial charge in [-0.25, -0.2) is 9.97 Å². The van der Waals surface area contributed by atoms with Gasteiger partial charge in [-0.2, -0.15) is 0 Å². The van der Waals surface area contributed by atoms with Crippen LogP contribution in [0, 0.1) is 13.8 Å². The molecule has 0 spiro atoms. The molecule has 0 amide bonds. The molecule has 0 atom stereocenters. The molecule has 0 unspecified atom stereocenters. The molecule has 2 rings (SSSR count). The van der Waals surface area contributed by atoms with E-state index in [1.54, 1.807) is 0 Å². The fourth-order valence-electron chi connectivity index (χ4n) is 1.95. The maximum atomic E-state index is 4.35. The van der Waals surface area contributed by atoms with E-state index in [2.05, 4.69) is 25.6 Å². The highest BCUT2D eigenvalue weighted by molar-refractivity contribution is 5.27. The summed E-state index contributed by atoms with van der Waals surface area (Å²) in [4.78, 5) is 12.7. The van der Waals surface area contributed by atoms with Crippen LogP contribution in [0.15, 0.2) is 30.6 Å². The van der Waals surface area contributed by atoms with Crippen LogP contribution in [-0.2, 0) is 6.54 Å². The van der Waals surface area contributed by atoms with Gasteiger partial charge in [0.05, 0.1) is 0 Å². The molecule has 0 bridgehead atoms. The van der Waals surface area contributed by atoms with E-state index in [9.17, 15) is 0 Å². The summed E-state index contributed by atoms with van der Waals surface area (Å²) in [6, 6.07) is 6.02. The highest BCUT2D eigenvalue weighted by Gasteiger charge is 1.98. The first-order chi connectivity index (χ1) is 9.74. The molecule has 0 aliphatic carbocycles. The molecule has 0 saturated heterocycles. The zero-order chi connectivity index (χ0) is 14.2. The molecule has 2 aromatic rings. The minimum atomic E-state index is 0.719. The monoisotopic (exact) mass is 271 g/mol. The highest BCUT2D eigenvalue weighted by atomic mass is 15.1. The van der Waals surface area contributed by atoms with Crippen LogP contribution in [0.2, 0.25) is 0 Å². The maximum Gasteiger partial charge on any atom is 0.223 e. The first kappa shape index (κ1) is 14.4. The van der Waals surface area contributed by atoms with Gasteiger partial charge in [0.2, 0.25) is 5.95 Å². The average molecular weight is 271 g/mol. The van der Waals surface area contributed by atoms with Crippen molar-refractivity contribution in [2.24, 2.45) is 0 Å². The van der Waals surface area contributed by atoms with E-state index in [4.69, 9.17) is 0 Å². The zero-order valence-electron chi connectivity index (χ0n) is 12.1. The van der Waals surface area contributed by atoms with Gasteiger partial charge in [0, 0.05) is 36.9 Å². The number of nitrogens with one attached hydrogen (secondary N) is 2. The Hall–Kier alpha value is -2.01. The summed E-state index contributed by atoms with van der Waals surface area (Å²) in [5, 5.41) is 6.65. The van der Waals surface area contributed by atoms with Crippen molar-refractivity contribution in [3.8, 4) is 0 Å². The van der Waals surface area contributed by atoms with Crippen LogP contribution >= 0.6 is 0 Å². The molecule has 0 fully saturated rings. The fourth-order valence-corrected chi connectivity index (χ4v) is 1.95. The molecule has 20 heavy (non-hydrogen) atoms. The van der Waals surface area contributed by atoms with Gasteiger partial charge in [0.1, 0.15) is 0 Å². The Labute approximate surface area is 119 Å². The third kappa shape index (κ3) is 4.93. The smallest absolute Gasteiger partial charge is 0.223 e. The molecule has 0 saturated carbocycles. The van der Waals surface area contributed by atoms with Crippen molar-refractivity contribution in [3.05, 3.63) is 47.5 Å². The largest absolute Gasteiger partial charge is 0.354 e. The van der Waals surface area contributed by atoms with E-state index in [1.165, 1.54) is 5.56 Å². The van der Waals surface area contributed by atoms with E-state index in [-0.39, 0.29) is 0 Å². The summed E-state index contributed by atoms with van der Waals surface area (Å²) in [6.45, 7) is 6.67. The number of rotatable bonds is 7. The highest BCUT2D eigenvalue weighted by Crippen LogP contribution is 2.03. The molecule has 5 heteroatoms. The van der Waals surface area contributed by atoms with Crippen LogP contribution in [0.4, 0.5) is 5.95 Å². The first-order valence-corrected chi connectivity index (χ1v) is 6.90. The van der Waals surface area contributed by atoms with Gasteiger partial charge in [0.25, 0.3) is 0 Å². The second-order valence-electron chi connectivity index (χ2n) is 4.79. The minimum Gasteiger partial charge on any atom is -0.354 e. The van der Waals surface area contributed by atoms with Crippen LogP contribution in [-0.4, -0.2) is 28.0 Å². The van der Waals surface area contributed by atoms with Crippen molar-refractivity contribution in [3.63, 3.8) is 0 Å². The molecule has 0 aliphatic heterocycles. The summed E-state index contributed by atoms with van der Waals surface area (Å²) >= 11 is 0. The van der Waals surface area contributed by atoms with Crippen LogP contribution < -0.4 is 10.6 Å². The summed E-state index contributed by atoms with van der Waals surface area (Å²) < 4.78 is 0. The van der Waals surface area contributed by atoms with Crippen molar-refractivity contribution in [1.82, 2.24) is 20.3 Å². The van der Waals surface area contributed by atoms with Crippen LogP contribution in [0.3, 0.4) is 0 Å². The Morgan fingerprint density at radius 1 is 1.00 bits per heavy atom. The molecule has 2 heterocycles. The lowest BCUT2D eigenvalue weighted by atomic mass is 10.2. The summed E-state index contributed by atoms with van der Waals surface area (Å²) in [5.41, 5.74) is 3.25. The number of hydrogen-bond acceptors (Lipinski definition) is 5. The SMILES string of the molecule is Cc1cc(C)nc(NCCCNCc2ccncc2)n1. The number of hydrogen-bond donors (Lipinski definition) is 2. The molecular weight excluding hydrogens is 250 g/mol. The number of aryl methyl sites for hydroxylation is 2. The van der Waals surface area contributed by atoms with E-state index < -0.39 is 0 Å². The van der Waals surface area contributed by atoms with Crippen molar-refractivity contribution in [1.29, 1.82) is 0 Å². The molecule has 2 N–H and O–H groups in total. The zero-order valence-corrected chi connectivity index (χ0v) is 12.1. The predicted molar refractivity (Wildman–Crippen MR) is 80.6 cm³/mol. The normalized spacial score (nSPS) is 10.5. The Morgan fingerprint density at radius 2 is 1.70 bits per heavy atom. The molecule has 5 nitrogen and oxygen atoms in total. The summed E-state index contributed by atoms with van der Waals surface area (Å²) in [7, 11) is 0. The fraction of sp³-hybridized carbons (Fsp3) is 0.400. The van der Waals surface area contributed by atoms with Crippen LogP contribution in [0.5, 0.6) is 0 Å². The quantitative estimate of drug-likeness (QED) is 0.755. The summed E-state index contributed by atoms with van der Waals surface area (Å²) in [6.07, 6.45) is 4.66. The van der Waals surface area contributed by atoms with Crippen molar-refractivity contribution in [2.75, 3.05) is 18.4 Å². The molecule has 0 aliphatic rings. The minimum absolute atomic E-state index is 0.719. The van der Waals surface area contributed by atoms with E-state index in [0.29, 0.717) is 0 Å². The summed E-state index contributed by atoms with van der Waals surface area (Å²) in [5.74, 6) is 0.719. The second-order valence-corrected chi connectivity index (χ2v) is 4.79. The van der Waals surface area contributed by atoms with Crippen molar-refractivity contribution < 1.29 is 0 Å². The predicted octanol–water partition coefficient (Wildman–Crippen LogP) is 2.08. The lowest BCUT2D eigenvalue weighted by Crippen LogP contribution is -2.18. The van der Waals surface area contributed by atoms with Gasteiger partial charge in [-0.3, -0.25) is 4.98 Å². The average Bonchev–Trinajstić information content (AvgIpc) is 2.43. The Morgan fingerprint density at radius 3 is 2.40 bits per heavy atom. The van der Waals surface area contributed by atoms with Gasteiger partial charge < -0.3 is 10.6 Å².